The fourth-order valence-corrected chi connectivity index (χ4v) is 5.34. The van der Waals surface area contributed by atoms with Crippen LogP contribution in [-0.4, -0.2) is 41.0 Å². The molecule has 0 fully saturated rings. The van der Waals surface area contributed by atoms with Crippen molar-refractivity contribution in [2.24, 2.45) is 0 Å². The number of hydrogen-bond donors (Lipinski definition) is 2. The minimum atomic E-state index is -0.893. The van der Waals surface area contributed by atoms with Gasteiger partial charge in [-0.05, 0) is 76.4 Å². The number of aryl methyl sites for hydroxylation is 2. The normalized spacial score (nSPS) is 12.8. The number of nitrogens with zero attached hydrogens (tertiary/aromatic N) is 1. The zero-order valence-corrected chi connectivity index (χ0v) is 27.0. The summed E-state index contributed by atoms with van der Waals surface area (Å²) in [6, 6.07) is 18.0. The van der Waals surface area contributed by atoms with E-state index in [-0.39, 0.29) is 11.8 Å². The van der Waals surface area contributed by atoms with Crippen LogP contribution in [0, 0.1) is 13.8 Å². The van der Waals surface area contributed by atoms with E-state index in [1.165, 1.54) is 6.42 Å². The van der Waals surface area contributed by atoms with Gasteiger partial charge in [-0.3, -0.25) is 9.59 Å². The van der Waals surface area contributed by atoms with Gasteiger partial charge < -0.3 is 20.3 Å². The van der Waals surface area contributed by atoms with Gasteiger partial charge in [0.05, 0.1) is 0 Å². The second kappa shape index (κ2) is 15.6. The van der Waals surface area contributed by atoms with E-state index in [1.807, 2.05) is 74.5 Å². The molecule has 3 aromatic rings. The molecule has 0 bridgehead atoms. The summed E-state index contributed by atoms with van der Waals surface area (Å²) in [5.74, 6) is -0.638. The highest BCUT2D eigenvalue weighted by molar-refractivity contribution is 6.00. The standard InChI is InChI=1S/C36H49N3O4/c1-8-9-10-11-12-15-20-39(34(41)27(4)37-35(42)43-36(5,6)7)32(30-22-25(2)21-26(3)23-30)33(40)38-31-19-18-28-16-13-14-17-29(28)24-31/h13-14,16-19,21-24,27,32H,8-12,15,20H2,1-7H3,(H,37,42)(H,38,40). The van der Waals surface area contributed by atoms with Crippen molar-refractivity contribution in [3.05, 3.63) is 77.4 Å². The highest BCUT2D eigenvalue weighted by Gasteiger charge is 2.35. The predicted molar refractivity (Wildman–Crippen MR) is 175 cm³/mol. The zero-order chi connectivity index (χ0) is 31.6. The largest absolute Gasteiger partial charge is 0.444 e. The molecule has 0 saturated heterocycles. The van der Waals surface area contributed by atoms with Gasteiger partial charge in [0.25, 0.3) is 5.91 Å². The van der Waals surface area contributed by atoms with Crippen molar-refractivity contribution in [2.45, 2.75) is 105 Å². The van der Waals surface area contributed by atoms with Gasteiger partial charge in [-0.1, -0.05) is 98.7 Å². The van der Waals surface area contributed by atoms with Crippen molar-refractivity contribution in [1.82, 2.24) is 10.2 Å². The lowest BCUT2D eigenvalue weighted by Crippen LogP contribution is -2.51. The Morgan fingerprint density at radius 3 is 2.12 bits per heavy atom. The van der Waals surface area contributed by atoms with Crippen molar-refractivity contribution in [1.29, 1.82) is 0 Å². The third kappa shape index (κ3) is 10.4. The average Bonchev–Trinajstić information content (AvgIpc) is 2.92. The van der Waals surface area contributed by atoms with Crippen LogP contribution in [0.25, 0.3) is 10.8 Å². The first-order valence-electron chi connectivity index (χ1n) is 15.6. The van der Waals surface area contributed by atoms with Crippen LogP contribution in [0.1, 0.15) is 95.9 Å². The van der Waals surface area contributed by atoms with Gasteiger partial charge in [0.2, 0.25) is 5.91 Å². The van der Waals surface area contributed by atoms with E-state index in [2.05, 4.69) is 17.6 Å². The Morgan fingerprint density at radius 2 is 1.47 bits per heavy atom. The summed E-state index contributed by atoms with van der Waals surface area (Å²) < 4.78 is 5.41. The third-order valence-electron chi connectivity index (χ3n) is 7.28. The first kappa shape index (κ1) is 33.6. The van der Waals surface area contributed by atoms with Crippen LogP contribution in [0.5, 0.6) is 0 Å². The van der Waals surface area contributed by atoms with E-state index >= 15 is 0 Å². The number of ether oxygens (including phenoxy) is 1. The molecule has 0 aliphatic rings. The summed E-state index contributed by atoms with van der Waals surface area (Å²) in [7, 11) is 0. The SMILES string of the molecule is CCCCCCCCN(C(=O)C(C)NC(=O)OC(C)(C)C)C(C(=O)Nc1ccc2ccccc2c1)c1cc(C)cc(C)c1. The van der Waals surface area contributed by atoms with Gasteiger partial charge in [-0.25, -0.2) is 4.79 Å². The number of anilines is 1. The summed E-state index contributed by atoms with van der Waals surface area (Å²) in [5.41, 5.74) is 2.70. The summed E-state index contributed by atoms with van der Waals surface area (Å²) in [5, 5.41) is 7.87. The number of carbonyl (C=O) groups excluding carboxylic acids is 3. The molecular weight excluding hydrogens is 538 g/mol. The molecule has 0 aliphatic heterocycles. The van der Waals surface area contributed by atoms with Crippen molar-refractivity contribution in [2.75, 3.05) is 11.9 Å². The van der Waals surface area contributed by atoms with Crippen molar-refractivity contribution < 1.29 is 19.1 Å². The fourth-order valence-electron chi connectivity index (χ4n) is 5.34. The van der Waals surface area contributed by atoms with Crippen molar-refractivity contribution in [3.63, 3.8) is 0 Å². The Kier molecular flexibility index (Phi) is 12.2. The van der Waals surface area contributed by atoms with Crippen LogP contribution in [-0.2, 0) is 14.3 Å². The number of nitrogens with one attached hydrogen (secondary N) is 2. The number of hydrogen-bond acceptors (Lipinski definition) is 4. The molecule has 2 atom stereocenters. The number of amides is 3. The molecule has 232 valence electrons. The second-order valence-corrected chi connectivity index (χ2v) is 12.5. The Morgan fingerprint density at radius 1 is 0.837 bits per heavy atom. The molecule has 0 radical (unpaired) electrons. The molecule has 3 rings (SSSR count). The third-order valence-corrected chi connectivity index (χ3v) is 7.28. The van der Waals surface area contributed by atoms with E-state index in [1.54, 1.807) is 32.6 Å². The first-order valence-corrected chi connectivity index (χ1v) is 15.6. The fraction of sp³-hybridized carbons (Fsp3) is 0.472. The summed E-state index contributed by atoms with van der Waals surface area (Å²) in [4.78, 5) is 42.5. The van der Waals surface area contributed by atoms with E-state index in [0.29, 0.717) is 12.2 Å². The molecule has 0 saturated carbocycles. The number of alkyl carbamates (subject to hydrolysis) is 1. The van der Waals surface area contributed by atoms with Crippen molar-refractivity contribution in [3.8, 4) is 0 Å². The molecule has 7 nitrogen and oxygen atoms in total. The van der Waals surface area contributed by atoms with Crippen LogP contribution < -0.4 is 10.6 Å². The van der Waals surface area contributed by atoms with Crippen LogP contribution in [0.15, 0.2) is 60.7 Å². The number of benzene rings is 3. The number of fused-ring (bicyclic) bond motifs is 1. The minimum absolute atomic E-state index is 0.302. The highest BCUT2D eigenvalue weighted by atomic mass is 16.6. The van der Waals surface area contributed by atoms with E-state index in [4.69, 9.17) is 4.74 Å². The zero-order valence-electron chi connectivity index (χ0n) is 27.0. The van der Waals surface area contributed by atoms with Crippen LogP contribution in [0.4, 0.5) is 10.5 Å². The van der Waals surface area contributed by atoms with Gasteiger partial charge in [0, 0.05) is 12.2 Å². The molecule has 0 aromatic heterocycles. The minimum Gasteiger partial charge on any atom is -0.444 e. The van der Waals surface area contributed by atoms with Gasteiger partial charge in [-0.2, -0.15) is 0 Å². The van der Waals surface area contributed by atoms with Gasteiger partial charge >= 0.3 is 6.09 Å². The van der Waals surface area contributed by atoms with Gasteiger partial charge in [-0.15, -0.1) is 0 Å². The Hall–Kier alpha value is -3.87. The molecule has 0 spiro atoms. The average molecular weight is 588 g/mol. The molecule has 3 amide bonds. The Bertz CT molecular complexity index is 1370. The van der Waals surface area contributed by atoms with Crippen LogP contribution >= 0.6 is 0 Å². The summed E-state index contributed by atoms with van der Waals surface area (Å²) in [6.07, 6.45) is 5.57. The molecule has 2 unspecified atom stereocenters. The maximum atomic E-state index is 14.2. The smallest absolute Gasteiger partial charge is 0.408 e. The van der Waals surface area contributed by atoms with Crippen molar-refractivity contribution >= 4 is 34.4 Å². The van der Waals surface area contributed by atoms with Gasteiger partial charge in [0.1, 0.15) is 17.7 Å². The topological polar surface area (TPSA) is 87.7 Å². The lowest BCUT2D eigenvalue weighted by atomic mass is 9.98. The monoisotopic (exact) mass is 587 g/mol. The molecule has 7 heteroatoms. The molecule has 0 aliphatic carbocycles. The molecule has 3 aromatic carbocycles. The Labute approximate surface area is 257 Å². The molecule has 43 heavy (non-hydrogen) atoms. The lowest BCUT2D eigenvalue weighted by molar-refractivity contribution is -0.140. The van der Waals surface area contributed by atoms with Crippen LogP contribution in [0.2, 0.25) is 0 Å². The molecular formula is C36H49N3O4. The van der Waals surface area contributed by atoms with Gasteiger partial charge in [0.15, 0.2) is 0 Å². The molecule has 2 N–H and O–H groups in total. The first-order chi connectivity index (χ1) is 20.4. The van der Waals surface area contributed by atoms with E-state index in [9.17, 15) is 14.4 Å². The summed E-state index contributed by atoms with van der Waals surface area (Å²) >= 11 is 0. The maximum absolute atomic E-state index is 14.2. The number of carbonyl (C=O) groups is 3. The maximum Gasteiger partial charge on any atom is 0.408 e. The van der Waals surface area contributed by atoms with E-state index in [0.717, 1.165) is 59.6 Å². The van der Waals surface area contributed by atoms with Crippen LogP contribution in [0.3, 0.4) is 0 Å². The predicted octanol–water partition coefficient (Wildman–Crippen LogP) is 8.24. The second-order valence-electron chi connectivity index (χ2n) is 12.5. The number of unbranched alkanes of at least 4 members (excludes halogenated alkanes) is 5. The molecule has 0 heterocycles. The summed E-state index contributed by atoms with van der Waals surface area (Å²) in [6.45, 7) is 13.5. The lowest BCUT2D eigenvalue weighted by Gasteiger charge is -2.34. The number of rotatable bonds is 13. The highest BCUT2D eigenvalue weighted by Crippen LogP contribution is 2.28. The Balaban J connectivity index is 1.97. The quantitative estimate of drug-likeness (QED) is 0.197. The van der Waals surface area contributed by atoms with E-state index < -0.39 is 23.8 Å².